The minimum atomic E-state index is -0.470. The van der Waals surface area contributed by atoms with E-state index in [1.807, 2.05) is 18.2 Å². The van der Waals surface area contributed by atoms with Crippen LogP contribution in [-0.4, -0.2) is 12.5 Å². The van der Waals surface area contributed by atoms with E-state index in [9.17, 15) is 4.79 Å². The SMILES string of the molecule is CCCCCC(NOCC(N)=O)c1ccccc1. The van der Waals surface area contributed by atoms with Crippen LogP contribution in [0.1, 0.15) is 44.2 Å². The summed E-state index contributed by atoms with van der Waals surface area (Å²) in [6, 6.07) is 10.2. The number of rotatable bonds is 9. The highest BCUT2D eigenvalue weighted by Gasteiger charge is 2.11. The quantitative estimate of drug-likeness (QED) is 0.522. The first kappa shape index (κ1) is 14.7. The molecule has 1 atom stereocenters. The molecule has 1 amide bonds. The third-order valence-electron chi connectivity index (χ3n) is 2.74. The van der Waals surface area contributed by atoms with Gasteiger partial charge >= 0.3 is 0 Å². The number of hydroxylamine groups is 1. The maximum Gasteiger partial charge on any atom is 0.245 e. The molecule has 3 N–H and O–H groups in total. The van der Waals surface area contributed by atoms with Gasteiger partial charge in [0.05, 0.1) is 6.04 Å². The van der Waals surface area contributed by atoms with Crippen LogP contribution in [-0.2, 0) is 9.63 Å². The van der Waals surface area contributed by atoms with Crippen LogP contribution >= 0.6 is 0 Å². The van der Waals surface area contributed by atoms with Gasteiger partial charge in [0.1, 0.15) is 6.61 Å². The van der Waals surface area contributed by atoms with Crippen LogP contribution in [0.3, 0.4) is 0 Å². The van der Waals surface area contributed by atoms with Gasteiger partial charge in [0.2, 0.25) is 5.91 Å². The molecule has 0 fully saturated rings. The Hall–Kier alpha value is -1.39. The first-order valence-corrected chi connectivity index (χ1v) is 6.44. The fourth-order valence-electron chi connectivity index (χ4n) is 1.79. The normalized spacial score (nSPS) is 12.3. The van der Waals surface area contributed by atoms with Gasteiger partial charge < -0.3 is 5.73 Å². The zero-order valence-corrected chi connectivity index (χ0v) is 10.9. The van der Waals surface area contributed by atoms with Crippen molar-refractivity contribution in [2.45, 2.75) is 38.6 Å². The van der Waals surface area contributed by atoms with Crippen LogP contribution in [0.25, 0.3) is 0 Å². The molecule has 1 rings (SSSR count). The number of primary amides is 1. The Morgan fingerprint density at radius 3 is 2.67 bits per heavy atom. The van der Waals surface area contributed by atoms with E-state index in [-0.39, 0.29) is 12.6 Å². The van der Waals surface area contributed by atoms with Crippen molar-refractivity contribution in [2.24, 2.45) is 5.73 Å². The van der Waals surface area contributed by atoms with Crippen molar-refractivity contribution in [3.63, 3.8) is 0 Å². The Labute approximate surface area is 108 Å². The summed E-state index contributed by atoms with van der Waals surface area (Å²) in [5, 5.41) is 0. The largest absolute Gasteiger partial charge is 0.368 e. The van der Waals surface area contributed by atoms with Gasteiger partial charge in [0.15, 0.2) is 0 Å². The van der Waals surface area contributed by atoms with Crippen molar-refractivity contribution in [2.75, 3.05) is 6.61 Å². The fourth-order valence-corrected chi connectivity index (χ4v) is 1.79. The summed E-state index contributed by atoms with van der Waals surface area (Å²) in [7, 11) is 0. The molecule has 1 aromatic carbocycles. The van der Waals surface area contributed by atoms with E-state index in [2.05, 4.69) is 24.5 Å². The molecule has 0 bridgehead atoms. The highest BCUT2D eigenvalue weighted by atomic mass is 16.6. The second-order valence-corrected chi connectivity index (χ2v) is 4.33. The predicted molar refractivity (Wildman–Crippen MR) is 71.6 cm³/mol. The number of hydrogen-bond donors (Lipinski definition) is 2. The van der Waals surface area contributed by atoms with E-state index in [1.54, 1.807) is 0 Å². The maximum absolute atomic E-state index is 10.6. The van der Waals surface area contributed by atoms with Crippen LogP contribution in [0.5, 0.6) is 0 Å². The fraction of sp³-hybridized carbons (Fsp3) is 0.500. The van der Waals surface area contributed by atoms with Gasteiger partial charge in [-0.1, -0.05) is 56.5 Å². The van der Waals surface area contributed by atoms with E-state index in [4.69, 9.17) is 10.6 Å². The van der Waals surface area contributed by atoms with Crippen molar-refractivity contribution >= 4 is 5.91 Å². The lowest BCUT2D eigenvalue weighted by atomic mass is 10.0. The number of unbranched alkanes of at least 4 members (excludes halogenated alkanes) is 2. The minimum Gasteiger partial charge on any atom is -0.368 e. The molecule has 0 spiro atoms. The lowest BCUT2D eigenvalue weighted by Gasteiger charge is -2.18. The van der Waals surface area contributed by atoms with Gasteiger partial charge in [-0.25, -0.2) is 0 Å². The number of hydrogen-bond acceptors (Lipinski definition) is 3. The third kappa shape index (κ3) is 5.80. The topological polar surface area (TPSA) is 64.3 Å². The molecule has 4 nitrogen and oxygen atoms in total. The Morgan fingerprint density at radius 2 is 2.06 bits per heavy atom. The first-order valence-electron chi connectivity index (χ1n) is 6.44. The van der Waals surface area contributed by atoms with Crippen molar-refractivity contribution in [1.82, 2.24) is 5.48 Å². The molecular formula is C14H22N2O2. The van der Waals surface area contributed by atoms with Crippen LogP contribution < -0.4 is 11.2 Å². The third-order valence-corrected chi connectivity index (χ3v) is 2.74. The summed E-state index contributed by atoms with van der Waals surface area (Å²) in [6.07, 6.45) is 4.49. The highest BCUT2D eigenvalue weighted by Crippen LogP contribution is 2.19. The number of benzene rings is 1. The number of amides is 1. The van der Waals surface area contributed by atoms with Crippen LogP contribution in [0.15, 0.2) is 30.3 Å². The van der Waals surface area contributed by atoms with Gasteiger partial charge in [0.25, 0.3) is 0 Å². The zero-order valence-electron chi connectivity index (χ0n) is 10.9. The summed E-state index contributed by atoms with van der Waals surface area (Å²) in [6.45, 7) is 2.08. The molecule has 1 aromatic rings. The van der Waals surface area contributed by atoms with Gasteiger partial charge in [-0.15, -0.1) is 0 Å². The molecule has 1 unspecified atom stereocenters. The van der Waals surface area contributed by atoms with E-state index in [1.165, 1.54) is 12.8 Å². The standard InChI is InChI=1S/C14H22N2O2/c1-2-3-5-10-13(16-18-11-14(15)17)12-8-6-4-7-9-12/h4,6-9,13,16H,2-3,5,10-11H2,1H3,(H2,15,17). The van der Waals surface area contributed by atoms with Crippen molar-refractivity contribution in [3.05, 3.63) is 35.9 Å². The molecule has 0 aliphatic rings. The summed E-state index contributed by atoms with van der Waals surface area (Å²) < 4.78 is 0. The lowest BCUT2D eigenvalue weighted by molar-refractivity contribution is -0.126. The molecular weight excluding hydrogens is 228 g/mol. The summed E-state index contributed by atoms with van der Waals surface area (Å²) in [5.74, 6) is -0.470. The second kappa shape index (κ2) is 8.66. The van der Waals surface area contributed by atoms with Gasteiger partial charge in [-0.05, 0) is 12.0 Å². The van der Waals surface area contributed by atoms with Crippen molar-refractivity contribution in [3.8, 4) is 0 Å². The number of nitrogens with one attached hydrogen (secondary N) is 1. The van der Waals surface area contributed by atoms with Gasteiger partial charge in [-0.2, -0.15) is 5.48 Å². The summed E-state index contributed by atoms with van der Waals surface area (Å²) in [4.78, 5) is 15.8. The van der Waals surface area contributed by atoms with Crippen LogP contribution in [0, 0.1) is 0 Å². The number of carbonyl (C=O) groups is 1. The molecule has 0 radical (unpaired) electrons. The second-order valence-electron chi connectivity index (χ2n) is 4.33. The van der Waals surface area contributed by atoms with Crippen molar-refractivity contribution in [1.29, 1.82) is 0 Å². The minimum absolute atomic E-state index is 0.100. The number of carbonyl (C=O) groups excluding carboxylic acids is 1. The molecule has 0 saturated heterocycles. The molecule has 100 valence electrons. The molecule has 0 aromatic heterocycles. The van der Waals surface area contributed by atoms with Crippen molar-refractivity contribution < 1.29 is 9.63 Å². The Bertz CT molecular complexity index is 341. The van der Waals surface area contributed by atoms with E-state index < -0.39 is 5.91 Å². The molecule has 0 saturated carbocycles. The monoisotopic (exact) mass is 250 g/mol. The maximum atomic E-state index is 10.6. The van der Waals surface area contributed by atoms with Gasteiger partial charge in [0, 0.05) is 0 Å². The summed E-state index contributed by atoms with van der Waals surface area (Å²) >= 11 is 0. The Morgan fingerprint density at radius 1 is 1.33 bits per heavy atom. The Kier molecular flexibility index (Phi) is 7.06. The number of nitrogens with two attached hydrogens (primary N) is 1. The molecule has 4 heteroatoms. The van der Waals surface area contributed by atoms with E-state index >= 15 is 0 Å². The Balaban J connectivity index is 2.49. The average Bonchev–Trinajstić information content (AvgIpc) is 2.38. The average molecular weight is 250 g/mol. The zero-order chi connectivity index (χ0) is 13.2. The first-order chi connectivity index (χ1) is 8.74. The smallest absolute Gasteiger partial charge is 0.245 e. The lowest BCUT2D eigenvalue weighted by Crippen LogP contribution is -2.28. The molecule has 0 aliphatic carbocycles. The van der Waals surface area contributed by atoms with Crippen LogP contribution in [0.2, 0.25) is 0 Å². The molecule has 0 aliphatic heterocycles. The highest BCUT2D eigenvalue weighted by molar-refractivity contribution is 5.74. The summed E-state index contributed by atoms with van der Waals surface area (Å²) in [5.41, 5.74) is 9.13. The predicted octanol–water partition coefficient (Wildman–Crippen LogP) is 2.31. The molecule has 18 heavy (non-hydrogen) atoms. The molecule has 0 heterocycles. The van der Waals surface area contributed by atoms with Gasteiger partial charge in [-0.3, -0.25) is 9.63 Å². The van der Waals surface area contributed by atoms with E-state index in [0.717, 1.165) is 18.4 Å². The van der Waals surface area contributed by atoms with Crippen LogP contribution in [0.4, 0.5) is 0 Å². The van der Waals surface area contributed by atoms with E-state index in [0.29, 0.717) is 0 Å².